The van der Waals surface area contributed by atoms with Crippen molar-refractivity contribution in [3.63, 3.8) is 0 Å². The molecule has 2 rings (SSSR count). The third-order valence-electron chi connectivity index (χ3n) is 2.86. The summed E-state index contributed by atoms with van der Waals surface area (Å²) in [7, 11) is 0. The average molecular weight is 274 g/mol. The molecule has 0 bridgehead atoms. The van der Waals surface area contributed by atoms with E-state index in [4.69, 9.17) is 27.9 Å². The molecule has 0 aliphatic carbocycles. The Hall–Kier alpha value is -0.440. The van der Waals surface area contributed by atoms with Gasteiger partial charge >= 0.3 is 0 Å². The predicted molar refractivity (Wildman–Crippen MR) is 72.3 cm³/mol. The Balaban J connectivity index is 1.96. The van der Waals surface area contributed by atoms with Crippen LogP contribution in [0, 0.1) is 0 Å². The summed E-state index contributed by atoms with van der Waals surface area (Å²) in [6.45, 7) is 4.46. The summed E-state index contributed by atoms with van der Waals surface area (Å²) in [5.74, 6) is 1.01. The van der Waals surface area contributed by atoms with E-state index in [2.05, 4.69) is 5.32 Å². The van der Waals surface area contributed by atoms with Gasteiger partial charge in [-0.25, -0.2) is 0 Å². The van der Waals surface area contributed by atoms with Gasteiger partial charge in [0.2, 0.25) is 0 Å². The van der Waals surface area contributed by atoms with Crippen LogP contribution in [0.1, 0.15) is 24.5 Å². The highest BCUT2D eigenvalue weighted by atomic mass is 35.5. The SMILES string of the molecule is CC(Cl)CCNCc1cc(Cl)cc2c1OCC2. The van der Waals surface area contributed by atoms with Crippen LogP contribution < -0.4 is 10.1 Å². The molecule has 1 aromatic rings. The van der Waals surface area contributed by atoms with E-state index >= 15 is 0 Å². The van der Waals surface area contributed by atoms with Crippen molar-refractivity contribution in [2.24, 2.45) is 0 Å². The fourth-order valence-electron chi connectivity index (χ4n) is 2.00. The van der Waals surface area contributed by atoms with Gasteiger partial charge in [0, 0.05) is 28.9 Å². The molecule has 0 saturated heterocycles. The molecule has 0 saturated carbocycles. The Bertz CT molecular complexity index is 393. The lowest BCUT2D eigenvalue weighted by Crippen LogP contribution is -2.17. The van der Waals surface area contributed by atoms with Gasteiger partial charge in [0.25, 0.3) is 0 Å². The second kappa shape index (κ2) is 5.94. The van der Waals surface area contributed by atoms with Crippen LogP contribution >= 0.6 is 23.2 Å². The monoisotopic (exact) mass is 273 g/mol. The molecule has 1 heterocycles. The van der Waals surface area contributed by atoms with Gasteiger partial charge in [-0.15, -0.1) is 11.6 Å². The Morgan fingerprint density at radius 3 is 3.06 bits per heavy atom. The molecular formula is C13H17Cl2NO. The minimum Gasteiger partial charge on any atom is -0.493 e. The van der Waals surface area contributed by atoms with E-state index in [0.29, 0.717) is 0 Å². The molecule has 2 nitrogen and oxygen atoms in total. The normalized spacial score (nSPS) is 15.5. The zero-order valence-corrected chi connectivity index (χ0v) is 11.4. The number of ether oxygens (including phenoxy) is 1. The highest BCUT2D eigenvalue weighted by molar-refractivity contribution is 6.30. The summed E-state index contributed by atoms with van der Waals surface area (Å²) < 4.78 is 5.64. The van der Waals surface area contributed by atoms with Gasteiger partial charge in [0.1, 0.15) is 5.75 Å². The van der Waals surface area contributed by atoms with E-state index in [-0.39, 0.29) is 5.38 Å². The lowest BCUT2D eigenvalue weighted by atomic mass is 10.1. The largest absolute Gasteiger partial charge is 0.493 e. The summed E-state index contributed by atoms with van der Waals surface area (Å²) in [6, 6.07) is 3.97. The van der Waals surface area contributed by atoms with Gasteiger partial charge in [0.15, 0.2) is 0 Å². The van der Waals surface area contributed by atoms with Crippen LogP contribution in [0.5, 0.6) is 5.75 Å². The lowest BCUT2D eigenvalue weighted by molar-refractivity contribution is 0.352. The molecule has 0 spiro atoms. The maximum absolute atomic E-state index is 6.09. The minimum atomic E-state index is 0.212. The Morgan fingerprint density at radius 1 is 1.47 bits per heavy atom. The molecule has 0 amide bonds. The first-order valence-corrected chi connectivity index (χ1v) is 6.77. The fourth-order valence-corrected chi connectivity index (χ4v) is 2.37. The summed E-state index contributed by atoms with van der Waals surface area (Å²) in [6.07, 6.45) is 1.92. The highest BCUT2D eigenvalue weighted by Crippen LogP contribution is 2.32. The first-order chi connectivity index (χ1) is 8.16. The van der Waals surface area contributed by atoms with Crippen molar-refractivity contribution < 1.29 is 4.74 Å². The number of benzene rings is 1. The third-order valence-corrected chi connectivity index (χ3v) is 3.30. The third kappa shape index (κ3) is 3.51. The summed E-state index contributed by atoms with van der Waals surface area (Å²) in [4.78, 5) is 0. The highest BCUT2D eigenvalue weighted by Gasteiger charge is 2.17. The first kappa shape index (κ1) is 13.0. The predicted octanol–water partition coefficient (Wildman–Crippen LogP) is 3.38. The van der Waals surface area contributed by atoms with Crippen molar-refractivity contribution in [1.82, 2.24) is 5.32 Å². The van der Waals surface area contributed by atoms with Crippen molar-refractivity contribution in [2.75, 3.05) is 13.2 Å². The van der Waals surface area contributed by atoms with E-state index in [1.807, 2.05) is 19.1 Å². The van der Waals surface area contributed by atoms with E-state index in [0.717, 1.165) is 48.9 Å². The number of hydrogen-bond acceptors (Lipinski definition) is 2. The zero-order valence-electron chi connectivity index (χ0n) is 9.93. The molecule has 94 valence electrons. The number of alkyl halides is 1. The quantitative estimate of drug-likeness (QED) is 0.656. The van der Waals surface area contributed by atoms with E-state index in [1.165, 1.54) is 5.56 Å². The van der Waals surface area contributed by atoms with Crippen LogP contribution in [0.2, 0.25) is 5.02 Å². The van der Waals surface area contributed by atoms with E-state index in [1.54, 1.807) is 0 Å². The zero-order chi connectivity index (χ0) is 12.3. The smallest absolute Gasteiger partial charge is 0.127 e. The van der Waals surface area contributed by atoms with Crippen LogP contribution in [-0.4, -0.2) is 18.5 Å². The number of hydrogen-bond donors (Lipinski definition) is 1. The van der Waals surface area contributed by atoms with Crippen LogP contribution in [0.25, 0.3) is 0 Å². The molecule has 1 aliphatic heterocycles. The lowest BCUT2D eigenvalue weighted by Gasteiger charge is -2.10. The second-order valence-electron chi connectivity index (χ2n) is 4.40. The summed E-state index contributed by atoms with van der Waals surface area (Å²) >= 11 is 12.0. The maximum Gasteiger partial charge on any atom is 0.127 e. The Kier molecular flexibility index (Phi) is 4.55. The van der Waals surface area contributed by atoms with Gasteiger partial charge in [-0.05, 0) is 37.6 Å². The maximum atomic E-state index is 6.09. The van der Waals surface area contributed by atoms with Crippen LogP contribution in [0.15, 0.2) is 12.1 Å². The van der Waals surface area contributed by atoms with Gasteiger partial charge in [-0.2, -0.15) is 0 Å². The molecule has 1 aromatic carbocycles. The van der Waals surface area contributed by atoms with Crippen molar-refractivity contribution >= 4 is 23.2 Å². The van der Waals surface area contributed by atoms with Crippen LogP contribution in [0.3, 0.4) is 0 Å². The molecule has 1 N–H and O–H groups in total. The van der Waals surface area contributed by atoms with Crippen molar-refractivity contribution in [3.8, 4) is 5.75 Å². The molecule has 17 heavy (non-hydrogen) atoms. The number of fused-ring (bicyclic) bond motifs is 1. The molecule has 1 aliphatic rings. The Labute approximate surface area is 112 Å². The van der Waals surface area contributed by atoms with Gasteiger partial charge in [-0.1, -0.05) is 11.6 Å². The number of rotatable bonds is 5. The van der Waals surface area contributed by atoms with Gasteiger partial charge < -0.3 is 10.1 Å². The fraction of sp³-hybridized carbons (Fsp3) is 0.538. The summed E-state index contributed by atoms with van der Waals surface area (Å²) in [5, 5.41) is 4.37. The van der Waals surface area contributed by atoms with Crippen molar-refractivity contribution in [1.29, 1.82) is 0 Å². The molecular weight excluding hydrogens is 257 g/mol. The first-order valence-electron chi connectivity index (χ1n) is 5.95. The second-order valence-corrected chi connectivity index (χ2v) is 5.58. The number of halogens is 2. The molecule has 0 fully saturated rings. The van der Waals surface area contributed by atoms with E-state index < -0.39 is 0 Å². The van der Waals surface area contributed by atoms with Crippen molar-refractivity contribution in [2.45, 2.75) is 31.7 Å². The number of nitrogens with one attached hydrogen (secondary N) is 1. The molecule has 0 radical (unpaired) electrons. The minimum absolute atomic E-state index is 0.212. The summed E-state index contributed by atoms with van der Waals surface area (Å²) in [5.41, 5.74) is 2.37. The Morgan fingerprint density at radius 2 is 2.29 bits per heavy atom. The average Bonchev–Trinajstić information content (AvgIpc) is 2.71. The molecule has 1 atom stereocenters. The molecule has 4 heteroatoms. The van der Waals surface area contributed by atoms with Gasteiger partial charge in [-0.3, -0.25) is 0 Å². The standard InChI is InChI=1S/C13H17Cl2NO/c1-9(14)2-4-16-8-11-7-12(15)6-10-3-5-17-13(10)11/h6-7,9,16H,2-5,8H2,1H3. The van der Waals surface area contributed by atoms with Gasteiger partial charge in [0.05, 0.1) is 6.61 Å². The van der Waals surface area contributed by atoms with Crippen molar-refractivity contribution in [3.05, 3.63) is 28.3 Å². The van der Waals surface area contributed by atoms with Crippen LogP contribution in [0.4, 0.5) is 0 Å². The molecule has 0 aromatic heterocycles. The molecule has 1 unspecified atom stereocenters. The van der Waals surface area contributed by atoms with E-state index in [9.17, 15) is 0 Å². The topological polar surface area (TPSA) is 21.3 Å². The van der Waals surface area contributed by atoms with Crippen LogP contribution in [-0.2, 0) is 13.0 Å².